The maximum atomic E-state index is 12.4. The fraction of sp³-hybridized carbons (Fsp3) is 0.208. The molecule has 3 aromatic carbocycles. The minimum absolute atomic E-state index is 0.0360. The molecule has 0 saturated carbocycles. The molecule has 3 rings (SSSR count). The zero-order chi connectivity index (χ0) is 18.9. The molecule has 27 heavy (non-hydrogen) atoms. The Balaban J connectivity index is 1.46. The molecule has 0 aliphatic carbocycles. The molecule has 0 aromatic heterocycles. The second kappa shape index (κ2) is 9.58. The number of carbonyl (C=O) groups excluding carboxylic acids is 1. The van der Waals surface area contributed by atoms with E-state index in [1.165, 1.54) is 5.56 Å². The number of rotatable bonds is 8. The van der Waals surface area contributed by atoms with Crippen LogP contribution in [0, 0.1) is 0 Å². The largest absolute Gasteiger partial charge is 0.489 e. The Bertz CT molecular complexity index is 829. The van der Waals surface area contributed by atoms with Crippen LogP contribution < -0.4 is 10.1 Å². The second-order valence-corrected chi connectivity index (χ2v) is 6.70. The highest BCUT2D eigenvalue weighted by molar-refractivity contribution is 5.94. The highest BCUT2D eigenvalue weighted by Crippen LogP contribution is 2.13. The fourth-order valence-corrected chi connectivity index (χ4v) is 2.84. The van der Waals surface area contributed by atoms with Crippen molar-refractivity contribution >= 4 is 5.91 Å². The van der Waals surface area contributed by atoms with Gasteiger partial charge in [0.15, 0.2) is 0 Å². The number of hydrogen-bond donors (Lipinski definition) is 1. The predicted octanol–water partition coefficient (Wildman–Crippen LogP) is 5.02. The van der Waals surface area contributed by atoms with Crippen LogP contribution in [-0.2, 0) is 13.0 Å². The van der Waals surface area contributed by atoms with Gasteiger partial charge in [0.25, 0.3) is 5.91 Å². The van der Waals surface area contributed by atoms with E-state index in [1.807, 2.05) is 79.7 Å². The number of carbonyl (C=O) groups is 1. The van der Waals surface area contributed by atoms with Gasteiger partial charge in [0.2, 0.25) is 0 Å². The molecule has 0 spiro atoms. The number of aryl methyl sites for hydroxylation is 1. The molecule has 1 unspecified atom stereocenters. The van der Waals surface area contributed by atoms with E-state index in [0.29, 0.717) is 12.2 Å². The van der Waals surface area contributed by atoms with Crippen molar-refractivity contribution in [3.05, 3.63) is 102 Å². The number of para-hydroxylation sites is 1. The van der Waals surface area contributed by atoms with Crippen LogP contribution in [0.15, 0.2) is 84.9 Å². The summed E-state index contributed by atoms with van der Waals surface area (Å²) in [5.41, 5.74) is 3.00. The van der Waals surface area contributed by atoms with Gasteiger partial charge < -0.3 is 10.1 Å². The van der Waals surface area contributed by atoms with Gasteiger partial charge in [0.05, 0.1) is 0 Å². The van der Waals surface area contributed by atoms with Crippen molar-refractivity contribution in [3.63, 3.8) is 0 Å². The molecule has 1 N–H and O–H groups in total. The number of benzene rings is 3. The van der Waals surface area contributed by atoms with Crippen LogP contribution >= 0.6 is 0 Å². The monoisotopic (exact) mass is 359 g/mol. The summed E-state index contributed by atoms with van der Waals surface area (Å²) >= 11 is 0. The molecular weight excluding hydrogens is 334 g/mol. The van der Waals surface area contributed by atoms with Gasteiger partial charge in [-0.2, -0.15) is 0 Å². The standard InChI is InChI=1S/C24H25NO2/c1-19(12-13-20-8-4-2-5-9-20)25-24(26)22-16-14-21(15-17-22)18-27-23-10-6-3-7-11-23/h2-11,14-17,19H,12-13,18H2,1H3,(H,25,26). The maximum absolute atomic E-state index is 12.4. The number of amides is 1. The summed E-state index contributed by atoms with van der Waals surface area (Å²) in [6, 6.07) is 27.7. The molecule has 0 heterocycles. The molecule has 3 nitrogen and oxygen atoms in total. The van der Waals surface area contributed by atoms with Crippen LogP contribution in [0.5, 0.6) is 5.75 Å². The molecule has 0 aliphatic heterocycles. The first-order valence-corrected chi connectivity index (χ1v) is 9.32. The van der Waals surface area contributed by atoms with Gasteiger partial charge >= 0.3 is 0 Å². The summed E-state index contributed by atoms with van der Waals surface area (Å²) in [6.07, 6.45) is 1.87. The predicted molar refractivity (Wildman–Crippen MR) is 109 cm³/mol. The summed E-state index contributed by atoms with van der Waals surface area (Å²) in [5.74, 6) is 0.803. The molecule has 1 atom stereocenters. The van der Waals surface area contributed by atoms with Crippen molar-refractivity contribution in [1.82, 2.24) is 5.32 Å². The third-order valence-corrected chi connectivity index (χ3v) is 4.45. The van der Waals surface area contributed by atoms with E-state index in [-0.39, 0.29) is 11.9 Å². The Morgan fingerprint density at radius 1 is 0.852 bits per heavy atom. The molecule has 0 fully saturated rings. The van der Waals surface area contributed by atoms with Gasteiger partial charge in [-0.3, -0.25) is 4.79 Å². The maximum Gasteiger partial charge on any atom is 0.251 e. The van der Waals surface area contributed by atoms with Crippen molar-refractivity contribution in [2.24, 2.45) is 0 Å². The van der Waals surface area contributed by atoms with Gasteiger partial charge in [-0.1, -0.05) is 60.7 Å². The first kappa shape index (κ1) is 18.7. The third kappa shape index (κ3) is 6.00. The van der Waals surface area contributed by atoms with E-state index < -0.39 is 0 Å². The molecular formula is C24H25NO2. The van der Waals surface area contributed by atoms with E-state index in [1.54, 1.807) is 0 Å². The summed E-state index contributed by atoms with van der Waals surface area (Å²) in [5, 5.41) is 3.07. The van der Waals surface area contributed by atoms with Crippen LogP contribution in [0.25, 0.3) is 0 Å². The highest BCUT2D eigenvalue weighted by Gasteiger charge is 2.10. The zero-order valence-corrected chi connectivity index (χ0v) is 15.6. The lowest BCUT2D eigenvalue weighted by atomic mass is 10.1. The van der Waals surface area contributed by atoms with Crippen LogP contribution in [0.3, 0.4) is 0 Å². The van der Waals surface area contributed by atoms with E-state index in [9.17, 15) is 4.79 Å². The molecule has 0 aliphatic rings. The van der Waals surface area contributed by atoms with E-state index in [2.05, 4.69) is 17.4 Å². The molecule has 0 bridgehead atoms. The zero-order valence-electron chi connectivity index (χ0n) is 15.6. The molecule has 138 valence electrons. The summed E-state index contributed by atoms with van der Waals surface area (Å²) in [7, 11) is 0. The minimum Gasteiger partial charge on any atom is -0.489 e. The van der Waals surface area contributed by atoms with E-state index >= 15 is 0 Å². The average Bonchev–Trinajstić information content (AvgIpc) is 2.72. The van der Waals surface area contributed by atoms with Crippen molar-refractivity contribution in [2.75, 3.05) is 0 Å². The third-order valence-electron chi connectivity index (χ3n) is 4.45. The first-order valence-electron chi connectivity index (χ1n) is 9.32. The van der Waals surface area contributed by atoms with E-state index in [0.717, 1.165) is 24.2 Å². The number of nitrogens with one attached hydrogen (secondary N) is 1. The van der Waals surface area contributed by atoms with Crippen LogP contribution in [0.4, 0.5) is 0 Å². The summed E-state index contributed by atoms with van der Waals surface area (Å²) in [4.78, 5) is 12.4. The molecule has 0 radical (unpaired) electrons. The van der Waals surface area contributed by atoms with Crippen molar-refractivity contribution < 1.29 is 9.53 Å². The first-order chi connectivity index (χ1) is 13.2. The minimum atomic E-state index is -0.0360. The summed E-state index contributed by atoms with van der Waals surface area (Å²) in [6.45, 7) is 2.53. The summed E-state index contributed by atoms with van der Waals surface area (Å²) < 4.78 is 5.73. The van der Waals surface area contributed by atoms with Crippen LogP contribution in [0.2, 0.25) is 0 Å². The Labute approximate surface area is 161 Å². The van der Waals surface area contributed by atoms with Gasteiger partial charge in [-0.05, 0) is 55.2 Å². The lowest BCUT2D eigenvalue weighted by Crippen LogP contribution is -2.32. The lowest BCUT2D eigenvalue weighted by molar-refractivity contribution is 0.0938. The fourth-order valence-electron chi connectivity index (χ4n) is 2.84. The normalized spacial score (nSPS) is 11.6. The molecule has 3 aromatic rings. The smallest absolute Gasteiger partial charge is 0.251 e. The van der Waals surface area contributed by atoms with Crippen molar-refractivity contribution in [1.29, 1.82) is 0 Å². The van der Waals surface area contributed by atoms with E-state index in [4.69, 9.17) is 4.74 Å². The topological polar surface area (TPSA) is 38.3 Å². The Kier molecular flexibility index (Phi) is 6.64. The molecule has 1 amide bonds. The highest BCUT2D eigenvalue weighted by atomic mass is 16.5. The number of hydrogen-bond acceptors (Lipinski definition) is 2. The Morgan fingerprint density at radius 2 is 1.48 bits per heavy atom. The number of ether oxygens (including phenoxy) is 1. The van der Waals surface area contributed by atoms with Gasteiger partial charge in [-0.25, -0.2) is 0 Å². The Hall–Kier alpha value is -3.07. The van der Waals surface area contributed by atoms with Gasteiger partial charge in [0, 0.05) is 11.6 Å². The average molecular weight is 359 g/mol. The van der Waals surface area contributed by atoms with Gasteiger partial charge in [-0.15, -0.1) is 0 Å². The van der Waals surface area contributed by atoms with Crippen LogP contribution in [-0.4, -0.2) is 11.9 Å². The Morgan fingerprint density at radius 3 is 2.15 bits per heavy atom. The SMILES string of the molecule is CC(CCc1ccccc1)NC(=O)c1ccc(COc2ccccc2)cc1. The molecule has 0 saturated heterocycles. The quantitative estimate of drug-likeness (QED) is 0.613. The van der Waals surface area contributed by atoms with Gasteiger partial charge in [0.1, 0.15) is 12.4 Å². The molecule has 3 heteroatoms. The van der Waals surface area contributed by atoms with Crippen LogP contribution in [0.1, 0.15) is 34.8 Å². The van der Waals surface area contributed by atoms with Crippen molar-refractivity contribution in [3.8, 4) is 5.75 Å². The van der Waals surface area contributed by atoms with Crippen molar-refractivity contribution in [2.45, 2.75) is 32.4 Å². The lowest BCUT2D eigenvalue weighted by Gasteiger charge is -2.14. The second-order valence-electron chi connectivity index (χ2n) is 6.70.